The molecular weight excluding hydrogens is 458 g/mol. The van der Waals surface area contributed by atoms with Crippen LogP contribution in [0.25, 0.3) is 0 Å². The van der Waals surface area contributed by atoms with Crippen LogP contribution < -0.4 is 15.8 Å². The number of thioether (sulfide) groups is 1. The largest absolute Gasteiger partial charge is 0.496 e. The molecule has 0 aliphatic rings. The van der Waals surface area contributed by atoms with E-state index in [1.165, 1.54) is 24.9 Å². The number of amides is 3. The quantitative estimate of drug-likeness (QED) is 0.564. The van der Waals surface area contributed by atoms with Crippen molar-refractivity contribution in [2.45, 2.75) is 15.5 Å². The van der Waals surface area contributed by atoms with Gasteiger partial charge in [0.1, 0.15) is 5.75 Å². The molecule has 12 heteroatoms. The normalized spacial score (nSPS) is 11.2. The molecule has 3 N–H and O–H groups in total. The summed E-state index contributed by atoms with van der Waals surface area (Å²) in [5, 5.41) is 3.17. The average molecular weight is 478 g/mol. The number of nitrogens with zero attached hydrogens (tertiary/aromatic N) is 1. The Morgan fingerprint density at radius 3 is 2.62 bits per heavy atom. The van der Waals surface area contributed by atoms with Gasteiger partial charge in [0, 0.05) is 28.4 Å². The second kappa shape index (κ2) is 9.70. The zero-order chi connectivity index (χ0) is 21.8. The third-order valence-electron chi connectivity index (χ3n) is 3.91. The Balaban J connectivity index is 2.13. The van der Waals surface area contributed by atoms with Crippen molar-refractivity contribution < 1.29 is 22.7 Å². The van der Waals surface area contributed by atoms with Crippen LogP contribution in [-0.4, -0.2) is 51.6 Å². The van der Waals surface area contributed by atoms with Crippen LogP contribution in [0.3, 0.4) is 0 Å². The van der Waals surface area contributed by atoms with Crippen LogP contribution >= 0.6 is 34.7 Å². The number of hydrogen-bond donors (Lipinski definition) is 2. The van der Waals surface area contributed by atoms with E-state index in [9.17, 15) is 18.0 Å². The summed E-state index contributed by atoms with van der Waals surface area (Å²) in [5.74, 6) is 0.0443. The molecular formula is C17H20ClN3O5S3. The summed E-state index contributed by atoms with van der Waals surface area (Å²) in [6.45, 7) is 0.272. The fourth-order valence-corrected chi connectivity index (χ4v) is 6.61. The molecule has 1 heterocycles. The number of urea groups is 1. The average Bonchev–Trinajstić information content (AvgIpc) is 3.11. The molecule has 1 aromatic heterocycles. The van der Waals surface area contributed by atoms with Gasteiger partial charge < -0.3 is 15.8 Å². The van der Waals surface area contributed by atoms with E-state index in [-0.39, 0.29) is 16.7 Å². The first kappa shape index (κ1) is 23.3. The summed E-state index contributed by atoms with van der Waals surface area (Å²) >= 11 is 8.23. The number of sulfonamides is 1. The number of nitrogens with two attached hydrogens (primary N) is 1. The first-order valence-corrected chi connectivity index (χ1v) is 12.0. The number of carbonyl (C=O) groups excluding carboxylic acids is 2. The number of benzene rings is 1. The summed E-state index contributed by atoms with van der Waals surface area (Å²) in [4.78, 5) is 25.0. The van der Waals surface area contributed by atoms with Gasteiger partial charge in [0.25, 0.3) is 15.9 Å². The number of carbonyl (C=O) groups is 2. The van der Waals surface area contributed by atoms with Crippen LogP contribution in [0.15, 0.2) is 33.4 Å². The molecule has 0 aliphatic carbocycles. The summed E-state index contributed by atoms with van der Waals surface area (Å²) in [7, 11) is -1.45. The van der Waals surface area contributed by atoms with Gasteiger partial charge in [0.05, 0.1) is 12.7 Å². The van der Waals surface area contributed by atoms with E-state index in [1.54, 1.807) is 24.5 Å². The Morgan fingerprint density at radius 2 is 2.03 bits per heavy atom. The van der Waals surface area contributed by atoms with Gasteiger partial charge in [-0.3, -0.25) is 4.79 Å². The van der Waals surface area contributed by atoms with Crippen LogP contribution in [0.5, 0.6) is 5.75 Å². The maximum Gasteiger partial charge on any atom is 0.328 e. The molecule has 0 saturated carbocycles. The van der Waals surface area contributed by atoms with E-state index in [0.29, 0.717) is 32.0 Å². The maximum atomic E-state index is 12.6. The number of methoxy groups -OCH3 is 1. The maximum absolute atomic E-state index is 12.6. The lowest BCUT2D eigenvalue weighted by Crippen LogP contribution is -2.37. The number of rotatable bonds is 8. The topological polar surface area (TPSA) is 119 Å². The van der Waals surface area contributed by atoms with Crippen molar-refractivity contribution in [3.8, 4) is 5.75 Å². The highest BCUT2D eigenvalue weighted by atomic mass is 35.5. The van der Waals surface area contributed by atoms with Gasteiger partial charge in [-0.1, -0.05) is 11.6 Å². The standard InChI is InChI=1S/C17H20ClN3O5S3/c1-21(17(19)23)29(24,25)16-14(27-3)9-11(28-16)6-7-20-15(22)12-8-10(18)4-5-13(12)26-2/h4-5,8-9H,6-7H2,1-3H3,(H2,19,23)(H,20,22). The fourth-order valence-electron chi connectivity index (χ4n) is 2.34. The lowest BCUT2D eigenvalue weighted by atomic mass is 10.2. The van der Waals surface area contributed by atoms with Crippen LogP contribution in [0, 0.1) is 0 Å². The van der Waals surface area contributed by atoms with Crippen molar-refractivity contribution >= 4 is 56.7 Å². The zero-order valence-corrected chi connectivity index (χ0v) is 19.1. The van der Waals surface area contributed by atoms with Crippen LogP contribution in [0.1, 0.15) is 15.2 Å². The van der Waals surface area contributed by atoms with E-state index in [0.717, 1.165) is 23.3 Å². The van der Waals surface area contributed by atoms with Crippen LogP contribution in [0.4, 0.5) is 4.79 Å². The minimum Gasteiger partial charge on any atom is -0.496 e. The predicted octanol–water partition coefficient (Wildman–Crippen LogP) is 2.80. The SMILES string of the molecule is COc1ccc(Cl)cc1C(=O)NCCc1cc(SC)c(S(=O)(=O)N(C)C(N)=O)s1. The molecule has 0 spiro atoms. The number of thiophene rings is 1. The molecule has 29 heavy (non-hydrogen) atoms. The summed E-state index contributed by atoms with van der Waals surface area (Å²) < 4.78 is 30.8. The molecule has 0 saturated heterocycles. The first-order valence-electron chi connectivity index (χ1n) is 8.18. The molecule has 8 nitrogen and oxygen atoms in total. The second-order valence-electron chi connectivity index (χ2n) is 5.73. The molecule has 0 bridgehead atoms. The van der Waals surface area contributed by atoms with Gasteiger partial charge in [0.15, 0.2) is 4.21 Å². The number of ether oxygens (including phenoxy) is 1. The van der Waals surface area contributed by atoms with E-state index >= 15 is 0 Å². The number of nitrogens with one attached hydrogen (secondary N) is 1. The fraction of sp³-hybridized carbons (Fsp3) is 0.294. The summed E-state index contributed by atoms with van der Waals surface area (Å²) in [6, 6.07) is 5.40. The third-order valence-corrected chi connectivity index (χ3v) is 8.62. The van der Waals surface area contributed by atoms with Crippen LogP contribution in [-0.2, 0) is 16.4 Å². The highest BCUT2D eigenvalue weighted by Crippen LogP contribution is 2.35. The van der Waals surface area contributed by atoms with Crippen molar-refractivity contribution in [1.29, 1.82) is 0 Å². The smallest absolute Gasteiger partial charge is 0.328 e. The van der Waals surface area contributed by atoms with Gasteiger partial charge >= 0.3 is 6.03 Å². The lowest BCUT2D eigenvalue weighted by Gasteiger charge is -2.14. The second-order valence-corrected chi connectivity index (χ2v) is 10.3. The molecule has 0 unspecified atom stereocenters. The monoisotopic (exact) mass is 477 g/mol. The molecule has 158 valence electrons. The van der Waals surface area contributed by atoms with Gasteiger partial charge in [-0.2, -0.15) is 0 Å². The van der Waals surface area contributed by atoms with Crippen molar-refractivity contribution in [3.05, 3.63) is 39.7 Å². The van der Waals surface area contributed by atoms with Gasteiger partial charge in [-0.05, 0) is 36.9 Å². The highest BCUT2D eigenvalue weighted by molar-refractivity contribution is 8.00. The van der Waals surface area contributed by atoms with E-state index in [4.69, 9.17) is 22.1 Å². The Morgan fingerprint density at radius 1 is 1.34 bits per heavy atom. The molecule has 0 aliphatic heterocycles. The van der Waals surface area contributed by atoms with Gasteiger partial charge in [-0.25, -0.2) is 17.5 Å². The van der Waals surface area contributed by atoms with Crippen molar-refractivity contribution in [2.24, 2.45) is 5.73 Å². The molecule has 0 fully saturated rings. The Bertz CT molecular complexity index is 1020. The number of hydrogen-bond acceptors (Lipinski definition) is 7. The lowest BCUT2D eigenvalue weighted by molar-refractivity contribution is 0.0951. The molecule has 2 rings (SSSR count). The first-order chi connectivity index (χ1) is 13.6. The predicted molar refractivity (Wildman–Crippen MR) is 115 cm³/mol. The third kappa shape index (κ3) is 5.35. The zero-order valence-electron chi connectivity index (χ0n) is 15.9. The van der Waals surface area contributed by atoms with Crippen molar-refractivity contribution in [2.75, 3.05) is 27.0 Å². The highest BCUT2D eigenvalue weighted by Gasteiger charge is 2.29. The molecule has 1 aromatic carbocycles. The number of halogens is 1. The molecule has 2 aromatic rings. The molecule has 0 radical (unpaired) electrons. The summed E-state index contributed by atoms with van der Waals surface area (Å²) in [6.07, 6.45) is 2.14. The van der Waals surface area contributed by atoms with Crippen LogP contribution in [0.2, 0.25) is 5.02 Å². The Hall–Kier alpha value is -1.95. The van der Waals surface area contributed by atoms with E-state index in [2.05, 4.69) is 5.32 Å². The minimum absolute atomic E-state index is 0.0455. The van der Waals surface area contributed by atoms with Crippen molar-refractivity contribution in [3.63, 3.8) is 0 Å². The minimum atomic E-state index is -4.02. The summed E-state index contributed by atoms with van der Waals surface area (Å²) in [5.41, 5.74) is 5.41. The van der Waals surface area contributed by atoms with Gasteiger partial charge in [0.2, 0.25) is 0 Å². The Kier molecular flexibility index (Phi) is 7.80. The molecule has 0 atom stereocenters. The van der Waals surface area contributed by atoms with Crippen molar-refractivity contribution in [1.82, 2.24) is 9.62 Å². The Labute approximate surface area is 182 Å². The van der Waals surface area contributed by atoms with E-state index in [1.807, 2.05) is 0 Å². The molecule has 3 amide bonds. The van der Waals surface area contributed by atoms with Gasteiger partial charge in [-0.15, -0.1) is 23.1 Å². The van der Waals surface area contributed by atoms with E-state index < -0.39 is 16.1 Å². The number of primary amides is 1.